The number of hydrogen-bond donors (Lipinski definition) is 2. The summed E-state index contributed by atoms with van der Waals surface area (Å²) in [6.45, 7) is 2.00. The molecule has 0 saturated heterocycles. The number of carbonyl (C=O) groups excluding carboxylic acids is 1. The van der Waals surface area contributed by atoms with Crippen LogP contribution in [-0.4, -0.2) is 22.5 Å². The van der Waals surface area contributed by atoms with Gasteiger partial charge in [-0.2, -0.15) is 0 Å². The van der Waals surface area contributed by atoms with Gasteiger partial charge in [-0.15, -0.1) is 11.3 Å². The van der Waals surface area contributed by atoms with Crippen molar-refractivity contribution in [2.24, 2.45) is 4.99 Å². The number of thioether (sulfide) groups is 1. The van der Waals surface area contributed by atoms with Crippen molar-refractivity contribution in [2.75, 3.05) is 11.1 Å². The second-order valence-corrected chi connectivity index (χ2v) is 9.51. The average molecular weight is 457 g/mol. The molecule has 0 radical (unpaired) electrons. The molecule has 5 rings (SSSR count). The predicted octanol–water partition coefficient (Wildman–Crippen LogP) is 6.09. The van der Waals surface area contributed by atoms with Gasteiger partial charge in [-0.05, 0) is 36.8 Å². The Kier molecular flexibility index (Phi) is 5.75. The number of amidine groups is 1. The van der Waals surface area contributed by atoms with E-state index in [2.05, 4.69) is 15.6 Å². The largest absolute Gasteiger partial charge is 0.357 e. The van der Waals surface area contributed by atoms with Crippen molar-refractivity contribution in [3.05, 3.63) is 90.1 Å². The fraction of sp³-hybridized carbons (Fsp3) is 0.0800. The van der Waals surface area contributed by atoms with Gasteiger partial charge in [0.25, 0.3) is 0 Å². The maximum atomic E-state index is 12.9. The van der Waals surface area contributed by atoms with E-state index in [0.717, 1.165) is 42.8 Å². The third-order valence-corrected chi connectivity index (χ3v) is 7.17. The molecule has 0 spiro atoms. The van der Waals surface area contributed by atoms with E-state index < -0.39 is 0 Å². The molecule has 1 aromatic heterocycles. The maximum Gasteiger partial charge on any atom is 0.235 e. The lowest BCUT2D eigenvalue weighted by molar-refractivity contribution is -0.117. The number of anilines is 1. The van der Waals surface area contributed by atoms with E-state index in [1.54, 1.807) is 11.3 Å². The number of para-hydroxylation sites is 3. The van der Waals surface area contributed by atoms with E-state index in [4.69, 9.17) is 4.99 Å². The van der Waals surface area contributed by atoms with E-state index in [-0.39, 0.29) is 11.7 Å². The molecule has 2 heterocycles. The Balaban J connectivity index is 1.41. The Bertz CT molecular complexity index is 1330. The summed E-state index contributed by atoms with van der Waals surface area (Å²) in [5.41, 5.74) is 5.45. The molecule has 4 aromatic rings. The first kappa shape index (κ1) is 20.5. The molecule has 5 nitrogen and oxygen atoms in total. The zero-order chi connectivity index (χ0) is 21.9. The first-order chi connectivity index (χ1) is 15.7. The van der Waals surface area contributed by atoms with Crippen molar-refractivity contribution in [1.82, 2.24) is 10.3 Å². The minimum Gasteiger partial charge on any atom is -0.357 e. The number of hydrogen-bond acceptors (Lipinski definition) is 6. The second-order valence-electron chi connectivity index (χ2n) is 7.25. The van der Waals surface area contributed by atoms with Crippen molar-refractivity contribution in [3.8, 4) is 0 Å². The van der Waals surface area contributed by atoms with Crippen LogP contribution in [0.25, 0.3) is 15.8 Å². The number of thiazole rings is 1. The summed E-state index contributed by atoms with van der Waals surface area (Å²) in [7, 11) is 0. The number of carbonyl (C=O) groups is 1. The van der Waals surface area contributed by atoms with Gasteiger partial charge in [0, 0.05) is 11.3 Å². The summed E-state index contributed by atoms with van der Waals surface area (Å²) >= 11 is 3.04. The summed E-state index contributed by atoms with van der Waals surface area (Å²) in [6.07, 6.45) is 0. The fourth-order valence-corrected chi connectivity index (χ4v) is 5.42. The van der Waals surface area contributed by atoms with Crippen LogP contribution in [0.4, 0.5) is 11.4 Å². The number of allylic oxidation sites excluding steroid dienone is 1. The van der Waals surface area contributed by atoms with Crippen LogP contribution in [-0.2, 0) is 4.79 Å². The number of nitrogens with one attached hydrogen (secondary N) is 2. The summed E-state index contributed by atoms with van der Waals surface area (Å²) in [5.74, 6) is 0.685. The lowest BCUT2D eigenvalue weighted by atomic mass is 10.0. The quantitative estimate of drug-likeness (QED) is 0.365. The summed E-state index contributed by atoms with van der Waals surface area (Å²) in [4.78, 5) is 22.4. The monoisotopic (exact) mass is 456 g/mol. The van der Waals surface area contributed by atoms with E-state index in [0.29, 0.717) is 5.84 Å². The highest BCUT2D eigenvalue weighted by Gasteiger charge is 2.21. The van der Waals surface area contributed by atoms with Crippen molar-refractivity contribution < 1.29 is 4.79 Å². The van der Waals surface area contributed by atoms with Gasteiger partial charge < -0.3 is 10.6 Å². The molecule has 7 heteroatoms. The molecule has 2 N–H and O–H groups in total. The molecule has 32 heavy (non-hydrogen) atoms. The first-order valence-corrected chi connectivity index (χ1v) is 12.0. The van der Waals surface area contributed by atoms with E-state index >= 15 is 0 Å². The molecule has 0 aliphatic carbocycles. The number of aliphatic imine (C=N–C) groups is 1. The lowest BCUT2D eigenvalue weighted by Crippen LogP contribution is -2.33. The predicted molar refractivity (Wildman–Crippen MR) is 135 cm³/mol. The van der Waals surface area contributed by atoms with Crippen LogP contribution in [0.2, 0.25) is 0 Å². The first-order valence-electron chi connectivity index (χ1n) is 10.2. The lowest BCUT2D eigenvalue weighted by Gasteiger charge is -2.14. The number of aromatic nitrogens is 1. The highest BCUT2D eigenvalue weighted by atomic mass is 32.2. The van der Waals surface area contributed by atoms with Crippen LogP contribution >= 0.6 is 23.1 Å². The molecule has 0 unspecified atom stereocenters. The Labute approximate surface area is 194 Å². The molecule has 1 aliphatic rings. The summed E-state index contributed by atoms with van der Waals surface area (Å²) < 4.78 is 2.00. The standard InChI is InChI=1S/C25H20N4OS2/c1-16-23(17-9-3-2-4-10-17)24(27-19-12-6-5-11-18(19)26-16)29-22(30)15-31-25-28-20-13-7-8-14-21(20)32-25/h2-14,26H,15H2,1H3,(H,27,29,30). The van der Waals surface area contributed by atoms with Crippen molar-refractivity contribution in [3.63, 3.8) is 0 Å². The molecule has 1 aliphatic heterocycles. The van der Waals surface area contributed by atoms with Crippen LogP contribution in [0.3, 0.4) is 0 Å². The molecule has 0 fully saturated rings. The Morgan fingerprint density at radius 2 is 1.75 bits per heavy atom. The van der Waals surface area contributed by atoms with Crippen molar-refractivity contribution in [2.45, 2.75) is 11.3 Å². The third kappa shape index (κ3) is 4.30. The Morgan fingerprint density at radius 1 is 1.00 bits per heavy atom. The third-order valence-electron chi connectivity index (χ3n) is 4.99. The maximum absolute atomic E-state index is 12.9. The smallest absolute Gasteiger partial charge is 0.235 e. The van der Waals surface area contributed by atoms with Crippen LogP contribution in [0.1, 0.15) is 12.5 Å². The molecule has 0 saturated carbocycles. The fourth-order valence-electron chi connectivity index (χ4n) is 3.55. The van der Waals surface area contributed by atoms with Gasteiger partial charge in [0.05, 0.1) is 27.3 Å². The highest BCUT2D eigenvalue weighted by molar-refractivity contribution is 8.01. The summed E-state index contributed by atoms with van der Waals surface area (Å²) in [5, 5.41) is 6.50. The SMILES string of the molecule is CC1=C(c2ccccc2)C(NC(=O)CSc2nc3ccccc3s2)=Nc2ccccc2N1. The van der Waals surface area contributed by atoms with Gasteiger partial charge >= 0.3 is 0 Å². The van der Waals surface area contributed by atoms with Crippen LogP contribution in [0.5, 0.6) is 0 Å². The van der Waals surface area contributed by atoms with Crippen LogP contribution < -0.4 is 10.6 Å². The molecular formula is C25H20N4OS2. The zero-order valence-electron chi connectivity index (χ0n) is 17.3. The van der Waals surface area contributed by atoms with Crippen LogP contribution in [0, 0.1) is 0 Å². The minimum atomic E-state index is -0.117. The molecule has 0 bridgehead atoms. The molecule has 3 aromatic carbocycles. The number of amides is 1. The molecule has 1 amide bonds. The van der Waals surface area contributed by atoms with E-state index in [1.165, 1.54) is 11.8 Å². The Morgan fingerprint density at radius 3 is 2.59 bits per heavy atom. The van der Waals surface area contributed by atoms with Crippen molar-refractivity contribution in [1.29, 1.82) is 0 Å². The number of rotatable bonds is 4. The molecule has 158 valence electrons. The van der Waals surface area contributed by atoms with Gasteiger partial charge in [0.15, 0.2) is 4.34 Å². The van der Waals surface area contributed by atoms with Gasteiger partial charge in [-0.25, -0.2) is 9.98 Å². The highest BCUT2D eigenvalue weighted by Crippen LogP contribution is 2.33. The number of nitrogens with zero attached hydrogens (tertiary/aromatic N) is 2. The van der Waals surface area contributed by atoms with Gasteiger partial charge in [-0.1, -0.05) is 66.4 Å². The Hall–Kier alpha value is -3.42. The van der Waals surface area contributed by atoms with Crippen LogP contribution in [0.15, 0.2) is 93.9 Å². The van der Waals surface area contributed by atoms with Gasteiger partial charge in [0.1, 0.15) is 5.84 Å². The van der Waals surface area contributed by atoms with Crippen molar-refractivity contribution >= 4 is 62.0 Å². The normalized spacial score (nSPS) is 13.2. The zero-order valence-corrected chi connectivity index (χ0v) is 19.0. The summed E-state index contributed by atoms with van der Waals surface area (Å²) in [6, 6.07) is 25.8. The molecule has 0 atom stereocenters. The number of fused-ring (bicyclic) bond motifs is 2. The van der Waals surface area contributed by atoms with Gasteiger partial charge in [-0.3, -0.25) is 4.79 Å². The second kappa shape index (κ2) is 8.98. The average Bonchev–Trinajstić information content (AvgIpc) is 3.17. The number of benzene rings is 3. The van der Waals surface area contributed by atoms with E-state index in [1.807, 2.05) is 85.8 Å². The topological polar surface area (TPSA) is 66.4 Å². The van der Waals surface area contributed by atoms with Gasteiger partial charge in [0.2, 0.25) is 5.91 Å². The molecular weight excluding hydrogens is 436 g/mol. The minimum absolute atomic E-state index is 0.117. The van der Waals surface area contributed by atoms with E-state index in [9.17, 15) is 4.79 Å².